The number of ether oxygens (including phenoxy) is 1. The summed E-state index contributed by atoms with van der Waals surface area (Å²) in [6.07, 6.45) is 2.16. The van der Waals surface area contributed by atoms with E-state index in [4.69, 9.17) is 4.74 Å². The Balaban J connectivity index is 1.71. The third-order valence-electron chi connectivity index (χ3n) is 6.71. The average Bonchev–Trinajstić information content (AvgIpc) is 3.43. The Hall–Kier alpha value is -3.23. The highest BCUT2D eigenvalue weighted by Gasteiger charge is 2.53. The van der Waals surface area contributed by atoms with Crippen LogP contribution in [0.3, 0.4) is 0 Å². The van der Waals surface area contributed by atoms with Crippen molar-refractivity contribution in [3.8, 4) is 5.69 Å². The predicted octanol–water partition coefficient (Wildman–Crippen LogP) is 4.82. The van der Waals surface area contributed by atoms with E-state index >= 15 is 4.39 Å². The zero-order valence-electron chi connectivity index (χ0n) is 19.9. The number of fused-ring (bicyclic) bond motifs is 4. The van der Waals surface area contributed by atoms with Gasteiger partial charge in [0.1, 0.15) is 23.0 Å². The van der Waals surface area contributed by atoms with E-state index in [0.29, 0.717) is 40.9 Å². The van der Waals surface area contributed by atoms with Gasteiger partial charge in [-0.3, -0.25) is 9.69 Å². The summed E-state index contributed by atoms with van der Waals surface area (Å²) in [4.78, 5) is 27.3. The monoisotopic (exact) mass is 470 g/mol. The molecule has 2 amide bonds. The van der Waals surface area contributed by atoms with Gasteiger partial charge in [0.2, 0.25) is 5.91 Å². The quantitative estimate of drug-likeness (QED) is 0.683. The van der Waals surface area contributed by atoms with Crippen LogP contribution in [0, 0.1) is 19.7 Å². The molecule has 0 saturated carbocycles. The van der Waals surface area contributed by atoms with Gasteiger partial charge in [-0.2, -0.15) is 5.10 Å². The summed E-state index contributed by atoms with van der Waals surface area (Å²) in [6.45, 7) is 8.62. The van der Waals surface area contributed by atoms with E-state index < -0.39 is 35.9 Å². The number of aryl methyl sites for hydroxylation is 2. The molecule has 7 nitrogen and oxygen atoms in total. The molecule has 1 fully saturated rings. The van der Waals surface area contributed by atoms with Crippen LogP contribution in [0.2, 0.25) is 0 Å². The minimum Gasteiger partial charge on any atom is -0.444 e. The maximum absolute atomic E-state index is 15.9. The van der Waals surface area contributed by atoms with Crippen molar-refractivity contribution < 1.29 is 23.1 Å². The molecule has 0 aliphatic carbocycles. The molecular weight excluding hydrogens is 442 g/mol. The van der Waals surface area contributed by atoms with Gasteiger partial charge < -0.3 is 10.1 Å². The van der Waals surface area contributed by atoms with Crippen molar-refractivity contribution in [2.75, 3.05) is 0 Å². The predicted molar refractivity (Wildman–Crippen MR) is 121 cm³/mol. The molecule has 34 heavy (non-hydrogen) atoms. The van der Waals surface area contributed by atoms with Gasteiger partial charge in [0, 0.05) is 11.8 Å². The van der Waals surface area contributed by atoms with Crippen LogP contribution in [0.15, 0.2) is 24.4 Å². The van der Waals surface area contributed by atoms with E-state index in [2.05, 4.69) is 10.4 Å². The van der Waals surface area contributed by atoms with Crippen molar-refractivity contribution in [3.63, 3.8) is 0 Å². The Kier molecular flexibility index (Phi) is 5.07. The molecule has 4 heterocycles. The summed E-state index contributed by atoms with van der Waals surface area (Å²) < 4.78 is 37.4. The fraction of sp³-hybridized carbons (Fsp3) is 0.480. The highest BCUT2D eigenvalue weighted by atomic mass is 19.1. The molecule has 0 radical (unpaired) electrons. The Morgan fingerprint density at radius 1 is 1.21 bits per heavy atom. The fourth-order valence-corrected chi connectivity index (χ4v) is 5.33. The Bertz CT molecular complexity index is 1210. The van der Waals surface area contributed by atoms with Crippen molar-refractivity contribution >= 4 is 12.0 Å². The summed E-state index contributed by atoms with van der Waals surface area (Å²) in [6, 6.07) is 2.12. The van der Waals surface area contributed by atoms with Crippen molar-refractivity contribution in [1.82, 2.24) is 20.0 Å². The first-order chi connectivity index (χ1) is 16.0. The van der Waals surface area contributed by atoms with E-state index in [-0.39, 0.29) is 17.4 Å². The third kappa shape index (κ3) is 3.40. The van der Waals surface area contributed by atoms with Gasteiger partial charge >= 0.3 is 6.09 Å². The largest absolute Gasteiger partial charge is 0.444 e. The molecule has 1 N–H and O–H groups in total. The van der Waals surface area contributed by atoms with Gasteiger partial charge in [0.15, 0.2) is 6.17 Å². The number of amides is 2. The van der Waals surface area contributed by atoms with Crippen LogP contribution in [-0.2, 0) is 9.53 Å². The number of carbonyl (C=O) groups excluding carboxylic acids is 2. The van der Waals surface area contributed by atoms with Crippen LogP contribution in [0.25, 0.3) is 5.69 Å². The van der Waals surface area contributed by atoms with Gasteiger partial charge in [-0.15, -0.1) is 0 Å². The van der Waals surface area contributed by atoms with Crippen LogP contribution in [0.4, 0.5) is 13.6 Å². The van der Waals surface area contributed by atoms with E-state index in [9.17, 15) is 14.0 Å². The maximum atomic E-state index is 15.9. The minimum absolute atomic E-state index is 0.232. The maximum Gasteiger partial charge on any atom is 0.411 e. The van der Waals surface area contributed by atoms with Crippen molar-refractivity contribution in [1.29, 1.82) is 0 Å². The number of halogens is 2. The second kappa shape index (κ2) is 7.65. The highest BCUT2D eigenvalue weighted by molar-refractivity contribution is 5.89. The molecule has 3 aliphatic heterocycles. The normalized spacial score (nSPS) is 25.5. The fourth-order valence-electron chi connectivity index (χ4n) is 5.33. The molecule has 1 aromatic heterocycles. The van der Waals surface area contributed by atoms with Gasteiger partial charge in [-0.25, -0.2) is 18.3 Å². The molecule has 5 rings (SSSR count). The SMILES string of the molecule is Cc1cc(-n2nc3c(c2C2C=CNC2=O)[C@H]2CCC([C@@H]3F)N2C(=O)OC(C)(C)C)cc(C)c1F. The zero-order valence-corrected chi connectivity index (χ0v) is 19.9. The number of aromatic nitrogens is 2. The smallest absolute Gasteiger partial charge is 0.411 e. The van der Waals surface area contributed by atoms with Crippen LogP contribution >= 0.6 is 0 Å². The first kappa shape index (κ1) is 22.6. The summed E-state index contributed by atoms with van der Waals surface area (Å²) in [5.41, 5.74) is 1.93. The number of benzene rings is 1. The number of carbonyl (C=O) groups is 2. The van der Waals surface area contributed by atoms with Crippen molar-refractivity contribution in [3.05, 3.63) is 58.3 Å². The zero-order chi connectivity index (χ0) is 24.5. The second-order valence-corrected chi connectivity index (χ2v) is 10.3. The van der Waals surface area contributed by atoms with Gasteiger partial charge in [0.05, 0.1) is 23.5 Å². The van der Waals surface area contributed by atoms with E-state index in [1.54, 1.807) is 63.7 Å². The first-order valence-electron chi connectivity index (χ1n) is 11.5. The average molecular weight is 471 g/mol. The highest BCUT2D eigenvalue weighted by Crippen LogP contribution is 2.52. The molecule has 2 bridgehead atoms. The molecule has 2 aromatic rings. The van der Waals surface area contributed by atoms with E-state index in [0.717, 1.165) is 0 Å². The molecule has 9 heteroatoms. The molecule has 1 saturated heterocycles. The Morgan fingerprint density at radius 3 is 2.47 bits per heavy atom. The molecule has 4 atom stereocenters. The lowest BCUT2D eigenvalue weighted by Gasteiger charge is -2.37. The molecule has 3 aliphatic rings. The van der Waals surface area contributed by atoms with E-state index in [1.165, 1.54) is 4.90 Å². The second-order valence-electron chi connectivity index (χ2n) is 10.3. The van der Waals surface area contributed by atoms with Crippen LogP contribution in [-0.4, -0.2) is 38.3 Å². The van der Waals surface area contributed by atoms with Crippen molar-refractivity contribution in [2.45, 2.75) is 77.2 Å². The third-order valence-corrected chi connectivity index (χ3v) is 6.71. The number of alkyl halides is 1. The topological polar surface area (TPSA) is 76.5 Å². The molecule has 0 spiro atoms. The molecule has 2 unspecified atom stereocenters. The van der Waals surface area contributed by atoms with Gasteiger partial charge in [-0.1, -0.05) is 0 Å². The van der Waals surface area contributed by atoms with Crippen LogP contribution in [0.5, 0.6) is 0 Å². The minimum atomic E-state index is -1.53. The standard InChI is InChI=1S/C25H28F2N4O3/c1-12-10-14(11-13(2)19(12)26)31-22(15-8-9-28-23(15)32)18-16-6-7-17(20(27)21(18)29-31)30(16)24(33)34-25(3,4)5/h8-11,15-17,20H,6-7H2,1-5H3,(H,28,32)/t15?,16-,17?,20+/m1/s1. The molecule has 180 valence electrons. The Morgan fingerprint density at radius 2 is 1.88 bits per heavy atom. The summed E-state index contributed by atoms with van der Waals surface area (Å²) in [5.74, 6) is -1.30. The first-order valence-corrected chi connectivity index (χ1v) is 11.5. The summed E-state index contributed by atoms with van der Waals surface area (Å²) >= 11 is 0. The lowest BCUT2D eigenvalue weighted by molar-refractivity contribution is -0.120. The van der Waals surface area contributed by atoms with Crippen LogP contribution in [0.1, 0.15) is 79.8 Å². The van der Waals surface area contributed by atoms with Gasteiger partial charge in [-0.05, 0) is 76.8 Å². The van der Waals surface area contributed by atoms with Gasteiger partial charge in [0.25, 0.3) is 0 Å². The van der Waals surface area contributed by atoms with Crippen molar-refractivity contribution in [2.24, 2.45) is 0 Å². The summed E-state index contributed by atoms with van der Waals surface area (Å²) in [5, 5.41) is 7.30. The summed E-state index contributed by atoms with van der Waals surface area (Å²) in [7, 11) is 0. The van der Waals surface area contributed by atoms with E-state index in [1.807, 2.05) is 0 Å². The van der Waals surface area contributed by atoms with Crippen LogP contribution < -0.4 is 5.32 Å². The lowest BCUT2D eigenvalue weighted by Crippen LogP contribution is -2.45. The molecular formula is C25H28F2N4O3. The number of hydrogen-bond acceptors (Lipinski definition) is 4. The number of rotatable bonds is 2. The number of hydrogen-bond donors (Lipinski definition) is 1. The number of nitrogens with one attached hydrogen (secondary N) is 1. The lowest BCUT2D eigenvalue weighted by atomic mass is 9.91. The Labute approximate surface area is 196 Å². The molecule has 1 aromatic carbocycles. The number of nitrogens with zero attached hydrogens (tertiary/aromatic N) is 3.